The van der Waals surface area contributed by atoms with Gasteiger partial charge in [0.05, 0.1) is 13.1 Å². The maximum atomic E-state index is 12.3. The van der Waals surface area contributed by atoms with Crippen LogP contribution in [0.15, 0.2) is 42.6 Å². The largest absolute Gasteiger partial charge is 0.486 e. The average Bonchev–Trinajstić information content (AvgIpc) is 3.12. The van der Waals surface area contributed by atoms with Crippen LogP contribution in [0.25, 0.3) is 0 Å². The second kappa shape index (κ2) is 6.83. The molecule has 6 nitrogen and oxygen atoms in total. The molecule has 2 atom stereocenters. The van der Waals surface area contributed by atoms with Crippen molar-refractivity contribution in [3.05, 3.63) is 48.3 Å². The lowest BCUT2D eigenvalue weighted by Gasteiger charge is -2.17. The van der Waals surface area contributed by atoms with E-state index in [0.29, 0.717) is 31.8 Å². The number of para-hydroxylation sites is 1. The molecule has 0 aliphatic carbocycles. The maximum absolute atomic E-state index is 12.3. The third-order valence-electron chi connectivity index (χ3n) is 4.09. The van der Waals surface area contributed by atoms with Crippen molar-refractivity contribution in [1.29, 1.82) is 0 Å². The van der Waals surface area contributed by atoms with Crippen molar-refractivity contribution >= 4 is 5.91 Å². The molecule has 0 saturated carbocycles. The van der Waals surface area contributed by atoms with Crippen LogP contribution in [0.5, 0.6) is 5.75 Å². The molecule has 1 aliphatic heterocycles. The first-order chi connectivity index (χ1) is 11.1. The van der Waals surface area contributed by atoms with Crippen molar-refractivity contribution in [3.63, 3.8) is 0 Å². The van der Waals surface area contributed by atoms with Crippen molar-refractivity contribution in [1.82, 2.24) is 14.7 Å². The van der Waals surface area contributed by atoms with Crippen molar-refractivity contribution in [2.45, 2.75) is 32.1 Å². The highest BCUT2D eigenvalue weighted by Crippen LogP contribution is 2.19. The van der Waals surface area contributed by atoms with Gasteiger partial charge in [-0.25, -0.2) is 0 Å². The number of rotatable bonds is 5. The van der Waals surface area contributed by atoms with Crippen LogP contribution >= 0.6 is 0 Å². The van der Waals surface area contributed by atoms with Gasteiger partial charge in [0.2, 0.25) is 5.91 Å². The Bertz CT molecular complexity index is 656. The molecule has 23 heavy (non-hydrogen) atoms. The third-order valence-corrected chi connectivity index (χ3v) is 4.09. The predicted molar refractivity (Wildman–Crippen MR) is 85.0 cm³/mol. The number of aryl methyl sites for hydroxylation is 2. The Kier molecular flexibility index (Phi) is 4.62. The summed E-state index contributed by atoms with van der Waals surface area (Å²) < 4.78 is 7.58. The molecule has 3 rings (SSSR count). The number of benzene rings is 1. The van der Waals surface area contributed by atoms with Crippen LogP contribution in [0, 0.1) is 6.92 Å². The Labute approximate surface area is 135 Å². The van der Waals surface area contributed by atoms with Gasteiger partial charge in [0.15, 0.2) is 0 Å². The summed E-state index contributed by atoms with van der Waals surface area (Å²) >= 11 is 0. The van der Waals surface area contributed by atoms with Gasteiger partial charge in [-0.2, -0.15) is 5.10 Å². The smallest absolute Gasteiger partial charge is 0.224 e. The van der Waals surface area contributed by atoms with Crippen LogP contribution in [-0.4, -0.2) is 51.0 Å². The molecule has 0 bridgehead atoms. The Morgan fingerprint density at radius 2 is 2.09 bits per heavy atom. The number of aromatic nitrogens is 2. The lowest BCUT2D eigenvalue weighted by Crippen LogP contribution is -2.31. The molecule has 1 amide bonds. The van der Waals surface area contributed by atoms with Crippen molar-refractivity contribution in [2.24, 2.45) is 0 Å². The molecule has 1 aromatic carbocycles. The summed E-state index contributed by atoms with van der Waals surface area (Å²) in [6.45, 7) is 3.23. The second-order valence-electron chi connectivity index (χ2n) is 5.78. The molecule has 1 saturated heterocycles. The quantitative estimate of drug-likeness (QED) is 0.901. The zero-order valence-corrected chi connectivity index (χ0v) is 13.1. The number of carbonyl (C=O) groups excluding carboxylic acids is 1. The second-order valence-corrected chi connectivity index (χ2v) is 5.78. The molecule has 122 valence electrons. The maximum Gasteiger partial charge on any atom is 0.224 e. The normalized spacial score (nSPS) is 20.7. The van der Waals surface area contributed by atoms with Gasteiger partial charge in [-0.3, -0.25) is 9.48 Å². The van der Waals surface area contributed by atoms with Gasteiger partial charge in [-0.05, 0) is 25.1 Å². The summed E-state index contributed by atoms with van der Waals surface area (Å²) in [5.74, 6) is 0.719. The number of likely N-dealkylation sites (tertiary alicyclic amines) is 1. The number of nitrogens with zero attached hydrogens (tertiary/aromatic N) is 3. The fourth-order valence-corrected chi connectivity index (χ4v) is 2.74. The van der Waals surface area contributed by atoms with Crippen molar-refractivity contribution in [2.75, 3.05) is 13.1 Å². The summed E-state index contributed by atoms with van der Waals surface area (Å²) in [5, 5.41) is 14.3. The fourth-order valence-electron chi connectivity index (χ4n) is 2.74. The van der Waals surface area contributed by atoms with Crippen molar-refractivity contribution in [3.8, 4) is 5.75 Å². The summed E-state index contributed by atoms with van der Waals surface area (Å²) in [7, 11) is 0. The minimum atomic E-state index is -0.661. The van der Waals surface area contributed by atoms with Gasteiger partial charge in [0.25, 0.3) is 0 Å². The van der Waals surface area contributed by atoms with Crippen LogP contribution < -0.4 is 4.74 Å². The van der Waals surface area contributed by atoms with E-state index >= 15 is 0 Å². The molecule has 1 aromatic heterocycles. The van der Waals surface area contributed by atoms with Crippen molar-refractivity contribution < 1.29 is 14.6 Å². The number of β-amino-alcohol motifs (C(OH)–C–C–N with tert-alkyl or cyclic N) is 1. The minimum absolute atomic E-state index is 0.0121. The van der Waals surface area contributed by atoms with Gasteiger partial charge in [-0.15, -0.1) is 0 Å². The van der Waals surface area contributed by atoms with Crippen LogP contribution in [0.1, 0.15) is 12.1 Å². The molecule has 0 radical (unpaired) electrons. The summed E-state index contributed by atoms with van der Waals surface area (Å²) in [4.78, 5) is 14.0. The molecule has 1 aliphatic rings. The molecule has 2 heterocycles. The Balaban J connectivity index is 1.53. The number of hydrogen-bond donors (Lipinski definition) is 1. The molecule has 1 fully saturated rings. The first kappa shape index (κ1) is 15.6. The van der Waals surface area contributed by atoms with Gasteiger partial charge in [0, 0.05) is 24.9 Å². The molecule has 0 spiro atoms. The van der Waals surface area contributed by atoms with E-state index in [2.05, 4.69) is 5.10 Å². The molecular weight excluding hydrogens is 294 g/mol. The van der Waals surface area contributed by atoms with E-state index in [-0.39, 0.29) is 12.0 Å². The van der Waals surface area contributed by atoms with E-state index in [9.17, 15) is 9.90 Å². The zero-order chi connectivity index (χ0) is 16.2. The highest BCUT2D eigenvalue weighted by Gasteiger charge is 2.35. The van der Waals surface area contributed by atoms with Gasteiger partial charge in [-0.1, -0.05) is 18.2 Å². The summed E-state index contributed by atoms with van der Waals surface area (Å²) in [5.41, 5.74) is 1.03. The van der Waals surface area contributed by atoms with Gasteiger partial charge in [0.1, 0.15) is 18.0 Å². The molecule has 2 aromatic rings. The molecular formula is C17H21N3O3. The number of hydrogen-bond acceptors (Lipinski definition) is 4. The number of carbonyl (C=O) groups is 1. The highest BCUT2D eigenvalue weighted by atomic mass is 16.5. The Morgan fingerprint density at radius 1 is 1.30 bits per heavy atom. The first-order valence-corrected chi connectivity index (χ1v) is 7.79. The molecule has 1 N–H and O–H groups in total. The predicted octanol–water partition coefficient (Wildman–Crippen LogP) is 1.23. The van der Waals surface area contributed by atoms with E-state index in [0.717, 1.165) is 5.69 Å². The Morgan fingerprint density at radius 3 is 2.78 bits per heavy atom. The number of amides is 1. The number of aliphatic hydroxyl groups is 1. The summed E-state index contributed by atoms with van der Waals surface area (Å²) in [6, 6.07) is 11.3. The zero-order valence-electron chi connectivity index (χ0n) is 13.1. The fraction of sp³-hybridized carbons (Fsp3) is 0.412. The topological polar surface area (TPSA) is 67.6 Å². The lowest BCUT2D eigenvalue weighted by molar-refractivity contribution is -0.130. The first-order valence-electron chi connectivity index (χ1n) is 7.79. The van der Waals surface area contributed by atoms with Crippen LogP contribution in [-0.2, 0) is 11.3 Å². The average molecular weight is 315 g/mol. The minimum Gasteiger partial charge on any atom is -0.486 e. The molecule has 6 heteroatoms. The van der Waals surface area contributed by atoms with Crippen LogP contribution in [0.3, 0.4) is 0 Å². The van der Waals surface area contributed by atoms with Crippen LogP contribution in [0.2, 0.25) is 0 Å². The van der Waals surface area contributed by atoms with E-state index in [1.165, 1.54) is 0 Å². The third kappa shape index (κ3) is 3.71. The standard InChI is InChI=1S/C17H21N3O3/c1-13-7-9-18-20(13)10-8-17(22)19-11-15(21)16(12-19)23-14-5-3-2-4-6-14/h2-7,9,15-16,21H,8,10-12H2,1H3/t15-,16-/m1/s1. The SMILES string of the molecule is Cc1ccnn1CCC(=O)N1C[C@@H](O)[C@H](Oc2ccccc2)C1. The Hall–Kier alpha value is -2.34. The monoisotopic (exact) mass is 315 g/mol. The van der Waals surface area contributed by atoms with E-state index < -0.39 is 6.10 Å². The van der Waals surface area contributed by atoms with E-state index in [1.807, 2.05) is 48.0 Å². The lowest BCUT2D eigenvalue weighted by atomic mass is 10.2. The highest BCUT2D eigenvalue weighted by molar-refractivity contribution is 5.76. The van der Waals surface area contributed by atoms with Gasteiger partial charge >= 0.3 is 0 Å². The van der Waals surface area contributed by atoms with Gasteiger partial charge < -0.3 is 14.7 Å². The number of ether oxygens (including phenoxy) is 1. The van der Waals surface area contributed by atoms with Crippen LogP contribution in [0.4, 0.5) is 0 Å². The van der Waals surface area contributed by atoms with E-state index in [1.54, 1.807) is 11.1 Å². The number of aliphatic hydroxyl groups excluding tert-OH is 1. The summed E-state index contributed by atoms with van der Waals surface area (Å²) in [6.07, 6.45) is 1.05. The molecule has 0 unspecified atom stereocenters. The van der Waals surface area contributed by atoms with E-state index in [4.69, 9.17) is 4.74 Å².